The lowest BCUT2D eigenvalue weighted by Gasteiger charge is -2.17. The third-order valence-electron chi connectivity index (χ3n) is 4.58. The number of rotatable bonds is 6. The summed E-state index contributed by atoms with van der Waals surface area (Å²) in [5.41, 5.74) is 3.11. The first kappa shape index (κ1) is 20.7. The fraction of sp³-hybridized carbons (Fsp3) is 0.174. The van der Waals surface area contributed by atoms with Crippen molar-refractivity contribution in [1.82, 2.24) is 0 Å². The van der Waals surface area contributed by atoms with Crippen LogP contribution in [0.25, 0.3) is 11.1 Å². The van der Waals surface area contributed by atoms with Crippen LogP contribution in [0.5, 0.6) is 17.2 Å². The lowest BCUT2D eigenvalue weighted by Crippen LogP contribution is -2.08. The van der Waals surface area contributed by atoms with Gasteiger partial charge in [-0.15, -0.1) is 0 Å². The molecule has 3 aromatic rings. The Bertz CT molecular complexity index is 1030. The molecule has 1 N–H and O–H groups in total. The molecule has 0 aliphatic carbocycles. The van der Waals surface area contributed by atoms with Crippen LogP contribution < -0.4 is 9.47 Å². The summed E-state index contributed by atoms with van der Waals surface area (Å²) in [6, 6.07) is 16.1. The van der Waals surface area contributed by atoms with Gasteiger partial charge in [0, 0.05) is 15.6 Å². The first-order valence-electron chi connectivity index (χ1n) is 8.91. The van der Waals surface area contributed by atoms with E-state index in [4.69, 9.17) is 14.2 Å². The molecule has 29 heavy (non-hydrogen) atoms. The highest BCUT2D eigenvalue weighted by molar-refractivity contribution is 9.10. The first-order chi connectivity index (χ1) is 14.0. The van der Waals surface area contributed by atoms with Gasteiger partial charge in [-0.2, -0.15) is 0 Å². The molecule has 5 nitrogen and oxygen atoms in total. The van der Waals surface area contributed by atoms with Gasteiger partial charge < -0.3 is 19.3 Å². The second-order valence-corrected chi connectivity index (χ2v) is 7.25. The number of methoxy groups -OCH3 is 2. The molecule has 0 aromatic heterocycles. The van der Waals surface area contributed by atoms with E-state index in [9.17, 15) is 9.90 Å². The van der Waals surface area contributed by atoms with Gasteiger partial charge in [-0.3, -0.25) is 0 Å². The summed E-state index contributed by atoms with van der Waals surface area (Å²) in [6.07, 6.45) is 0. The van der Waals surface area contributed by atoms with E-state index in [1.54, 1.807) is 31.4 Å². The van der Waals surface area contributed by atoms with Crippen molar-refractivity contribution in [3.63, 3.8) is 0 Å². The molecule has 3 aromatic carbocycles. The first-order valence-corrected chi connectivity index (χ1v) is 9.71. The number of hydrogen-bond acceptors (Lipinski definition) is 5. The average molecular weight is 457 g/mol. The number of hydrogen-bond donors (Lipinski definition) is 1. The highest BCUT2D eigenvalue weighted by Gasteiger charge is 2.22. The number of halogens is 1. The minimum Gasteiger partial charge on any atom is -0.504 e. The zero-order chi connectivity index (χ0) is 21.0. The smallest absolute Gasteiger partial charge is 0.339 e. The molecule has 0 unspecified atom stereocenters. The SMILES string of the molecule is COc1ccc(COC(=O)c2cccc(C)c2-c2c(Br)ccc(OC)c2O)cc1. The Labute approximate surface area is 178 Å². The van der Waals surface area contributed by atoms with E-state index in [0.717, 1.165) is 16.9 Å². The zero-order valence-electron chi connectivity index (χ0n) is 16.4. The number of phenolic OH excluding ortho intramolecular Hbond substituents is 1. The van der Waals surface area contributed by atoms with E-state index < -0.39 is 5.97 Å². The van der Waals surface area contributed by atoms with Crippen molar-refractivity contribution in [2.45, 2.75) is 13.5 Å². The van der Waals surface area contributed by atoms with Crippen LogP contribution >= 0.6 is 15.9 Å². The number of esters is 1. The topological polar surface area (TPSA) is 65.0 Å². The van der Waals surface area contributed by atoms with Gasteiger partial charge in [0.25, 0.3) is 0 Å². The third kappa shape index (κ3) is 4.38. The number of aromatic hydroxyl groups is 1. The maximum Gasteiger partial charge on any atom is 0.339 e. The van der Waals surface area contributed by atoms with Crippen LogP contribution in [0.1, 0.15) is 21.5 Å². The van der Waals surface area contributed by atoms with Gasteiger partial charge in [-0.1, -0.05) is 40.2 Å². The molecule has 3 rings (SSSR count). The third-order valence-corrected chi connectivity index (χ3v) is 5.24. The number of carbonyl (C=O) groups is 1. The van der Waals surface area contributed by atoms with Crippen LogP contribution in [0.3, 0.4) is 0 Å². The second-order valence-electron chi connectivity index (χ2n) is 6.39. The molecular weight excluding hydrogens is 436 g/mol. The molecule has 0 saturated heterocycles. The summed E-state index contributed by atoms with van der Waals surface area (Å²) in [7, 11) is 3.08. The van der Waals surface area contributed by atoms with E-state index in [-0.39, 0.29) is 12.4 Å². The van der Waals surface area contributed by atoms with Crippen molar-refractivity contribution in [2.24, 2.45) is 0 Å². The number of benzene rings is 3. The van der Waals surface area contributed by atoms with Gasteiger partial charge in [0.05, 0.1) is 19.8 Å². The van der Waals surface area contributed by atoms with Gasteiger partial charge in [0.15, 0.2) is 11.5 Å². The molecule has 0 spiro atoms. The van der Waals surface area contributed by atoms with E-state index in [1.807, 2.05) is 37.3 Å². The number of phenols is 1. The molecule has 0 aliphatic rings. The van der Waals surface area contributed by atoms with Crippen molar-refractivity contribution in [1.29, 1.82) is 0 Å². The van der Waals surface area contributed by atoms with E-state index in [0.29, 0.717) is 26.9 Å². The molecule has 0 radical (unpaired) electrons. The summed E-state index contributed by atoms with van der Waals surface area (Å²) in [5, 5.41) is 10.7. The Morgan fingerprint density at radius 1 is 0.966 bits per heavy atom. The fourth-order valence-electron chi connectivity index (χ4n) is 3.07. The largest absolute Gasteiger partial charge is 0.504 e. The lowest BCUT2D eigenvalue weighted by atomic mass is 9.94. The van der Waals surface area contributed by atoms with Crippen molar-refractivity contribution < 1.29 is 24.1 Å². The fourth-order valence-corrected chi connectivity index (χ4v) is 3.59. The quantitative estimate of drug-likeness (QED) is 0.495. The monoisotopic (exact) mass is 456 g/mol. The Kier molecular flexibility index (Phi) is 6.44. The lowest BCUT2D eigenvalue weighted by molar-refractivity contribution is 0.0473. The van der Waals surface area contributed by atoms with E-state index >= 15 is 0 Å². The Balaban J connectivity index is 1.95. The summed E-state index contributed by atoms with van der Waals surface area (Å²) < 4.78 is 16.5. The van der Waals surface area contributed by atoms with Gasteiger partial charge in [-0.25, -0.2) is 4.79 Å². The van der Waals surface area contributed by atoms with Crippen LogP contribution in [0.2, 0.25) is 0 Å². The van der Waals surface area contributed by atoms with Gasteiger partial charge >= 0.3 is 5.97 Å². The number of carbonyl (C=O) groups excluding carboxylic acids is 1. The molecule has 0 aliphatic heterocycles. The summed E-state index contributed by atoms with van der Waals surface area (Å²) in [6.45, 7) is 2.00. The number of ether oxygens (including phenoxy) is 3. The zero-order valence-corrected chi connectivity index (χ0v) is 17.9. The van der Waals surface area contributed by atoms with Crippen LogP contribution in [0.4, 0.5) is 0 Å². The van der Waals surface area contributed by atoms with Crippen molar-refractivity contribution in [3.8, 4) is 28.4 Å². The number of aryl methyl sites for hydroxylation is 1. The van der Waals surface area contributed by atoms with Crippen LogP contribution in [0, 0.1) is 6.92 Å². The van der Waals surface area contributed by atoms with Crippen molar-refractivity contribution in [2.75, 3.05) is 14.2 Å². The molecule has 150 valence electrons. The standard InChI is InChI=1S/C23H21BrO5/c1-14-5-4-6-17(20(14)21-18(24)11-12-19(28-3)22(21)25)23(26)29-13-15-7-9-16(27-2)10-8-15/h4-12,25H,13H2,1-3H3. The predicted molar refractivity (Wildman–Crippen MR) is 115 cm³/mol. The summed E-state index contributed by atoms with van der Waals surface area (Å²) in [4.78, 5) is 12.9. The minimum atomic E-state index is -0.478. The Hall–Kier alpha value is -2.99. The maximum absolute atomic E-state index is 12.9. The van der Waals surface area contributed by atoms with Crippen LogP contribution in [0.15, 0.2) is 59.1 Å². The Morgan fingerprint density at radius 3 is 2.34 bits per heavy atom. The van der Waals surface area contributed by atoms with Crippen LogP contribution in [-0.4, -0.2) is 25.3 Å². The van der Waals surface area contributed by atoms with Gasteiger partial charge in [0.1, 0.15) is 12.4 Å². The molecule has 6 heteroatoms. The van der Waals surface area contributed by atoms with Gasteiger partial charge in [0.2, 0.25) is 0 Å². The molecule has 0 bridgehead atoms. The van der Waals surface area contributed by atoms with E-state index in [1.165, 1.54) is 7.11 Å². The maximum atomic E-state index is 12.9. The minimum absolute atomic E-state index is 0.0413. The highest BCUT2D eigenvalue weighted by Crippen LogP contribution is 2.44. The highest BCUT2D eigenvalue weighted by atomic mass is 79.9. The molecule has 0 saturated carbocycles. The van der Waals surface area contributed by atoms with Crippen LogP contribution in [-0.2, 0) is 11.3 Å². The van der Waals surface area contributed by atoms with Crippen molar-refractivity contribution in [3.05, 3.63) is 75.8 Å². The normalized spacial score (nSPS) is 10.5. The molecule has 0 fully saturated rings. The Morgan fingerprint density at radius 2 is 1.69 bits per heavy atom. The second kappa shape index (κ2) is 9.01. The predicted octanol–water partition coefficient (Wildman–Crippen LogP) is 5.50. The summed E-state index contributed by atoms with van der Waals surface area (Å²) >= 11 is 3.47. The molecule has 0 atom stereocenters. The van der Waals surface area contributed by atoms with E-state index in [2.05, 4.69) is 15.9 Å². The molecular formula is C23H21BrO5. The molecule has 0 amide bonds. The average Bonchev–Trinajstić information content (AvgIpc) is 2.73. The van der Waals surface area contributed by atoms with Crippen molar-refractivity contribution >= 4 is 21.9 Å². The summed E-state index contributed by atoms with van der Waals surface area (Å²) in [5.74, 6) is 0.539. The molecule has 0 heterocycles. The van der Waals surface area contributed by atoms with Gasteiger partial charge in [-0.05, 0) is 48.4 Å².